The van der Waals surface area contributed by atoms with Crippen LogP contribution in [0.2, 0.25) is 0 Å². The maximum absolute atomic E-state index is 11.3. The van der Waals surface area contributed by atoms with Crippen LogP contribution >= 0.6 is 0 Å². The number of hydrogen-bond donors (Lipinski definition) is 0. The number of ether oxygens (including phenoxy) is 4. The average molecular weight is 260 g/mol. The fourth-order valence-corrected chi connectivity index (χ4v) is 1.57. The van der Waals surface area contributed by atoms with Gasteiger partial charge in [0.1, 0.15) is 19.1 Å². The molecule has 0 amide bonds. The van der Waals surface area contributed by atoms with Crippen LogP contribution in [0.25, 0.3) is 0 Å². The maximum atomic E-state index is 11.3. The number of hydrogen-bond acceptors (Lipinski definition) is 6. The Morgan fingerprint density at radius 2 is 2.11 bits per heavy atom. The molecule has 1 aliphatic rings. The van der Waals surface area contributed by atoms with E-state index in [9.17, 15) is 9.59 Å². The topological polar surface area (TPSA) is 71.1 Å². The smallest absolute Gasteiger partial charge is 0.313 e. The number of carbonyl (C=O) groups is 2. The van der Waals surface area contributed by atoms with Crippen molar-refractivity contribution in [1.82, 2.24) is 0 Å². The lowest BCUT2D eigenvalue weighted by Crippen LogP contribution is -2.25. The molecule has 0 N–H and O–H groups in total. The number of ketones is 1. The summed E-state index contributed by atoms with van der Waals surface area (Å²) in [5.41, 5.74) is 0. The predicted octanol–water partition coefficient (Wildman–Crippen LogP) is 0.677. The van der Waals surface area contributed by atoms with Gasteiger partial charge in [-0.1, -0.05) is 0 Å². The Kier molecular flexibility index (Phi) is 5.71. The largest absolute Gasteiger partial charge is 0.466 e. The molecule has 0 spiro atoms. The summed E-state index contributed by atoms with van der Waals surface area (Å²) in [7, 11) is 0. The van der Waals surface area contributed by atoms with Crippen LogP contribution in [-0.4, -0.2) is 50.1 Å². The monoisotopic (exact) mass is 260 g/mol. The molecule has 18 heavy (non-hydrogen) atoms. The summed E-state index contributed by atoms with van der Waals surface area (Å²) in [4.78, 5) is 22.3. The molecule has 1 rings (SSSR count). The van der Waals surface area contributed by atoms with Gasteiger partial charge < -0.3 is 18.9 Å². The van der Waals surface area contributed by atoms with Gasteiger partial charge in [-0.3, -0.25) is 9.59 Å². The molecule has 0 radical (unpaired) electrons. The summed E-state index contributed by atoms with van der Waals surface area (Å²) in [5.74, 6) is -1.41. The third-order valence-corrected chi connectivity index (χ3v) is 2.28. The fraction of sp³-hybridized carbons (Fsp3) is 0.833. The molecule has 0 aromatic carbocycles. The second-order valence-electron chi connectivity index (χ2n) is 4.49. The van der Waals surface area contributed by atoms with Gasteiger partial charge in [-0.25, -0.2) is 0 Å². The Morgan fingerprint density at radius 3 is 2.67 bits per heavy atom. The summed E-state index contributed by atoms with van der Waals surface area (Å²) in [6, 6.07) is 0. The third-order valence-electron chi connectivity index (χ3n) is 2.28. The Balaban J connectivity index is 2.11. The van der Waals surface area contributed by atoms with Crippen LogP contribution in [-0.2, 0) is 28.5 Å². The molecule has 1 aliphatic heterocycles. The molecule has 1 fully saturated rings. The number of Topliss-reactive ketones (excluding diaryl/α,β-unsaturated/α-hetero) is 1. The van der Waals surface area contributed by atoms with E-state index in [0.717, 1.165) is 0 Å². The van der Waals surface area contributed by atoms with Crippen molar-refractivity contribution in [1.29, 1.82) is 0 Å². The minimum absolute atomic E-state index is 0.112. The van der Waals surface area contributed by atoms with Crippen LogP contribution in [0.3, 0.4) is 0 Å². The van der Waals surface area contributed by atoms with Crippen molar-refractivity contribution in [2.45, 2.75) is 39.1 Å². The van der Waals surface area contributed by atoms with Gasteiger partial charge in [0.05, 0.1) is 19.8 Å². The highest BCUT2D eigenvalue weighted by atomic mass is 16.7. The van der Waals surface area contributed by atoms with Gasteiger partial charge in [-0.2, -0.15) is 0 Å². The minimum atomic E-state index is -0.594. The van der Waals surface area contributed by atoms with E-state index in [1.54, 1.807) is 6.92 Å². The van der Waals surface area contributed by atoms with Crippen LogP contribution < -0.4 is 0 Å². The van der Waals surface area contributed by atoms with Crippen molar-refractivity contribution in [3.05, 3.63) is 0 Å². The molecule has 0 aliphatic carbocycles. The predicted molar refractivity (Wildman–Crippen MR) is 62.0 cm³/mol. The maximum Gasteiger partial charge on any atom is 0.313 e. The molecule has 0 unspecified atom stereocenters. The SMILES string of the molecule is CCOC(=O)CC(=O)COC[C@@H]1COC(C)(C)O1. The van der Waals surface area contributed by atoms with Gasteiger partial charge >= 0.3 is 5.97 Å². The normalized spacial score (nSPS) is 21.8. The van der Waals surface area contributed by atoms with Crippen molar-refractivity contribution >= 4 is 11.8 Å². The molecule has 1 heterocycles. The minimum Gasteiger partial charge on any atom is -0.466 e. The molecule has 6 nitrogen and oxygen atoms in total. The molecule has 6 heteroatoms. The quantitative estimate of drug-likeness (QED) is 0.495. The van der Waals surface area contributed by atoms with Crippen LogP contribution in [0, 0.1) is 0 Å². The first-order valence-corrected chi connectivity index (χ1v) is 6.00. The molecule has 0 bridgehead atoms. The first-order valence-electron chi connectivity index (χ1n) is 6.00. The van der Waals surface area contributed by atoms with Gasteiger partial charge in [0, 0.05) is 0 Å². The Morgan fingerprint density at radius 1 is 1.39 bits per heavy atom. The van der Waals surface area contributed by atoms with Crippen molar-refractivity contribution in [3.8, 4) is 0 Å². The summed E-state index contributed by atoms with van der Waals surface area (Å²) in [5, 5.41) is 0. The zero-order chi connectivity index (χ0) is 13.6. The van der Waals surface area contributed by atoms with Gasteiger partial charge in [0.2, 0.25) is 0 Å². The molecule has 1 saturated heterocycles. The van der Waals surface area contributed by atoms with E-state index in [2.05, 4.69) is 4.74 Å². The second kappa shape index (κ2) is 6.82. The summed E-state index contributed by atoms with van der Waals surface area (Å²) in [6.07, 6.45) is -0.420. The lowest BCUT2D eigenvalue weighted by Gasteiger charge is -2.16. The highest BCUT2D eigenvalue weighted by Crippen LogP contribution is 2.22. The third kappa shape index (κ3) is 5.57. The molecule has 1 atom stereocenters. The van der Waals surface area contributed by atoms with E-state index < -0.39 is 11.8 Å². The molecule has 0 aromatic rings. The van der Waals surface area contributed by atoms with Gasteiger partial charge in [0.15, 0.2) is 11.6 Å². The number of esters is 1. The van der Waals surface area contributed by atoms with Crippen molar-refractivity contribution < 1.29 is 28.5 Å². The molecule has 0 saturated carbocycles. The highest BCUT2D eigenvalue weighted by molar-refractivity contribution is 5.96. The van der Waals surface area contributed by atoms with E-state index >= 15 is 0 Å². The van der Waals surface area contributed by atoms with E-state index in [1.807, 2.05) is 13.8 Å². The van der Waals surface area contributed by atoms with Crippen LogP contribution in [0.1, 0.15) is 27.2 Å². The van der Waals surface area contributed by atoms with Crippen LogP contribution in [0.4, 0.5) is 0 Å². The van der Waals surface area contributed by atoms with Crippen molar-refractivity contribution in [2.24, 2.45) is 0 Å². The first kappa shape index (κ1) is 15.1. The zero-order valence-corrected chi connectivity index (χ0v) is 11.1. The lowest BCUT2D eigenvalue weighted by molar-refractivity contribution is -0.149. The van der Waals surface area contributed by atoms with Crippen LogP contribution in [0.5, 0.6) is 0 Å². The van der Waals surface area contributed by atoms with Crippen LogP contribution in [0.15, 0.2) is 0 Å². The molecular weight excluding hydrogens is 240 g/mol. The Hall–Kier alpha value is -0.980. The highest BCUT2D eigenvalue weighted by Gasteiger charge is 2.32. The summed E-state index contributed by atoms with van der Waals surface area (Å²) < 4.78 is 20.7. The van der Waals surface area contributed by atoms with E-state index in [4.69, 9.17) is 14.2 Å². The van der Waals surface area contributed by atoms with Gasteiger partial charge in [-0.15, -0.1) is 0 Å². The number of carbonyl (C=O) groups excluding carboxylic acids is 2. The molecule has 104 valence electrons. The Bertz CT molecular complexity index is 299. The van der Waals surface area contributed by atoms with Gasteiger partial charge in [-0.05, 0) is 20.8 Å². The van der Waals surface area contributed by atoms with Crippen molar-refractivity contribution in [3.63, 3.8) is 0 Å². The van der Waals surface area contributed by atoms with E-state index in [-0.39, 0.29) is 38.1 Å². The van der Waals surface area contributed by atoms with Gasteiger partial charge in [0.25, 0.3) is 0 Å². The molecular formula is C12H20O6. The average Bonchev–Trinajstić information content (AvgIpc) is 2.58. The van der Waals surface area contributed by atoms with Crippen molar-refractivity contribution in [2.75, 3.05) is 26.4 Å². The summed E-state index contributed by atoms with van der Waals surface area (Å²) in [6.45, 7) is 6.21. The number of rotatable bonds is 7. The molecule has 0 aromatic heterocycles. The van der Waals surface area contributed by atoms with E-state index in [1.165, 1.54) is 0 Å². The fourth-order valence-electron chi connectivity index (χ4n) is 1.57. The zero-order valence-electron chi connectivity index (χ0n) is 11.1. The summed E-state index contributed by atoms with van der Waals surface area (Å²) >= 11 is 0. The second-order valence-corrected chi connectivity index (χ2v) is 4.49. The Labute approximate surface area is 107 Å². The van der Waals surface area contributed by atoms with E-state index in [0.29, 0.717) is 6.61 Å². The lowest BCUT2D eigenvalue weighted by atomic mass is 10.3. The standard InChI is InChI=1S/C12H20O6/c1-4-16-11(14)5-9(13)6-15-7-10-8-17-12(2,3)18-10/h10H,4-8H2,1-3H3/t10-/m1/s1. The first-order chi connectivity index (χ1) is 8.43.